The van der Waals surface area contributed by atoms with Crippen molar-refractivity contribution in [2.75, 3.05) is 6.61 Å². The third-order valence-electron chi connectivity index (χ3n) is 13.4. The second-order valence-corrected chi connectivity index (χ2v) is 15.5. The van der Waals surface area contributed by atoms with E-state index in [1.165, 1.54) is 13.8 Å². The van der Waals surface area contributed by atoms with Crippen LogP contribution < -0.4 is 0 Å². The number of esters is 3. The quantitative estimate of drug-likeness (QED) is 0.306. The molecule has 15 atom stereocenters. The average molecular weight is 589 g/mol. The lowest BCUT2D eigenvalue weighted by atomic mass is 9.43. The van der Waals surface area contributed by atoms with Crippen molar-refractivity contribution in [2.24, 2.45) is 58.2 Å². The standard InChI is InChI=1S/C34H52O8/c1-17-16-38-34(31(18(17)2)41-22(6)37)19(3)29-27(42-34)14-26-25-10-9-23-13-24(39-20(4)35)11-12-32(23,7)30(25)28(40-21(5)36)15-33(26,29)8/h17-19,23-31H,9-16H2,1-8H3/t17-,18+,19-,23-,24+,25-,26-,27-,28-,29-,30+,31-,32-,33-,34-/m0/s1. The zero-order chi connectivity index (χ0) is 30.4. The first-order chi connectivity index (χ1) is 19.7. The molecule has 8 nitrogen and oxygen atoms in total. The number of hydrogen-bond donors (Lipinski definition) is 0. The van der Waals surface area contributed by atoms with Gasteiger partial charge in [-0.2, -0.15) is 0 Å². The van der Waals surface area contributed by atoms with Crippen molar-refractivity contribution < 1.29 is 38.1 Å². The van der Waals surface area contributed by atoms with Gasteiger partial charge in [0.25, 0.3) is 0 Å². The van der Waals surface area contributed by atoms with Crippen LogP contribution in [0.4, 0.5) is 0 Å². The van der Waals surface area contributed by atoms with E-state index >= 15 is 0 Å². The SMILES string of the molecule is CC(=O)O[C@@H]1CC[C@@]2(C)[C@@H](CC[C@@H]3[C@@H]2[C@@H](OC(C)=O)C[C@]2(C)[C@@H]4[C@H](C[C@@H]32)O[C@@]2(OC[C@H](C)[C@@H](C)[C@@H]2OC(C)=O)[C@H]4C)C1. The average Bonchev–Trinajstić information content (AvgIpc) is 3.34. The van der Waals surface area contributed by atoms with Crippen LogP contribution in [0.1, 0.15) is 100 Å². The Bertz CT molecular complexity index is 1110. The third-order valence-corrected chi connectivity index (χ3v) is 13.4. The number of ether oxygens (including phenoxy) is 5. The Morgan fingerprint density at radius 3 is 2.17 bits per heavy atom. The highest BCUT2D eigenvalue weighted by atomic mass is 16.7. The smallest absolute Gasteiger partial charge is 0.303 e. The van der Waals surface area contributed by atoms with Crippen LogP contribution in [0.25, 0.3) is 0 Å². The Morgan fingerprint density at radius 2 is 1.50 bits per heavy atom. The maximum atomic E-state index is 12.6. The molecule has 6 aliphatic rings. The van der Waals surface area contributed by atoms with Crippen molar-refractivity contribution in [1.29, 1.82) is 0 Å². The Morgan fingerprint density at radius 1 is 0.810 bits per heavy atom. The van der Waals surface area contributed by atoms with Gasteiger partial charge in [-0.1, -0.05) is 34.6 Å². The molecule has 0 aromatic carbocycles. The minimum absolute atomic E-state index is 0.00984. The van der Waals surface area contributed by atoms with Crippen molar-refractivity contribution in [3.8, 4) is 0 Å². The van der Waals surface area contributed by atoms with Crippen molar-refractivity contribution in [3.63, 3.8) is 0 Å². The molecule has 8 heteroatoms. The molecule has 0 aromatic rings. The molecule has 42 heavy (non-hydrogen) atoms. The fourth-order valence-electron chi connectivity index (χ4n) is 11.6. The molecule has 6 rings (SSSR count). The first-order valence-electron chi connectivity index (χ1n) is 16.5. The fourth-order valence-corrected chi connectivity index (χ4v) is 11.6. The lowest BCUT2D eigenvalue weighted by molar-refractivity contribution is -0.331. The number of carbonyl (C=O) groups is 3. The lowest BCUT2D eigenvalue weighted by Gasteiger charge is -2.63. The van der Waals surface area contributed by atoms with Gasteiger partial charge in [0.2, 0.25) is 5.79 Å². The Kier molecular flexibility index (Phi) is 7.56. The molecule has 2 aliphatic heterocycles. The van der Waals surface area contributed by atoms with E-state index in [1.807, 2.05) is 0 Å². The van der Waals surface area contributed by atoms with Crippen molar-refractivity contribution in [1.82, 2.24) is 0 Å². The third kappa shape index (κ3) is 4.47. The van der Waals surface area contributed by atoms with Gasteiger partial charge in [0, 0.05) is 38.5 Å². The van der Waals surface area contributed by atoms with Crippen LogP contribution >= 0.6 is 0 Å². The molecule has 0 unspecified atom stereocenters. The molecular weight excluding hydrogens is 536 g/mol. The Balaban J connectivity index is 1.32. The number of fused-ring (bicyclic) bond motifs is 7. The van der Waals surface area contributed by atoms with Crippen LogP contribution in [0.5, 0.6) is 0 Å². The van der Waals surface area contributed by atoms with Crippen LogP contribution in [0.2, 0.25) is 0 Å². The molecule has 6 fully saturated rings. The maximum absolute atomic E-state index is 12.6. The van der Waals surface area contributed by atoms with Crippen LogP contribution in [-0.4, -0.2) is 54.7 Å². The van der Waals surface area contributed by atoms with Gasteiger partial charge < -0.3 is 23.7 Å². The summed E-state index contributed by atoms with van der Waals surface area (Å²) in [6.45, 7) is 16.5. The molecule has 0 amide bonds. The summed E-state index contributed by atoms with van der Waals surface area (Å²) in [5.74, 6) is 0.574. The van der Waals surface area contributed by atoms with Gasteiger partial charge in [0.15, 0.2) is 6.10 Å². The van der Waals surface area contributed by atoms with E-state index < -0.39 is 11.9 Å². The number of carbonyl (C=O) groups excluding carboxylic acids is 3. The minimum Gasteiger partial charge on any atom is -0.463 e. The van der Waals surface area contributed by atoms with Gasteiger partial charge in [-0.25, -0.2) is 0 Å². The molecule has 4 saturated carbocycles. The van der Waals surface area contributed by atoms with Crippen molar-refractivity contribution in [3.05, 3.63) is 0 Å². The van der Waals surface area contributed by atoms with Gasteiger partial charge >= 0.3 is 17.9 Å². The highest BCUT2D eigenvalue weighted by Gasteiger charge is 2.73. The molecule has 0 N–H and O–H groups in total. The molecule has 236 valence electrons. The summed E-state index contributed by atoms with van der Waals surface area (Å²) in [5.41, 5.74) is -0.0612. The van der Waals surface area contributed by atoms with Gasteiger partial charge in [0.1, 0.15) is 12.2 Å². The van der Waals surface area contributed by atoms with Crippen LogP contribution in [0.3, 0.4) is 0 Å². The summed E-state index contributed by atoms with van der Waals surface area (Å²) in [6.07, 6.45) is 6.09. The van der Waals surface area contributed by atoms with E-state index in [4.69, 9.17) is 23.7 Å². The molecule has 0 aromatic heterocycles. The zero-order valence-corrected chi connectivity index (χ0v) is 26.9. The van der Waals surface area contributed by atoms with E-state index in [0.717, 1.165) is 44.9 Å². The van der Waals surface area contributed by atoms with Crippen molar-refractivity contribution >= 4 is 17.9 Å². The van der Waals surface area contributed by atoms with E-state index in [9.17, 15) is 14.4 Å². The van der Waals surface area contributed by atoms with E-state index in [0.29, 0.717) is 24.4 Å². The molecule has 1 spiro atoms. The maximum Gasteiger partial charge on any atom is 0.303 e. The zero-order valence-electron chi connectivity index (χ0n) is 26.9. The van der Waals surface area contributed by atoms with Crippen LogP contribution in [0.15, 0.2) is 0 Å². The lowest BCUT2D eigenvalue weighted by Crippen LogP contribution is -2.62. The summed E-state index contributed by atoms with van der Waals surface area (Å²) in [5, 5.41) is 0. The fraction of sp³-hybridized carbons (Fsp3) is 0.912. The topological polar surface area (TPSA) is 97.4 Å². The van der Waals surface area contributed by atoms with E-state index in [2.05, 4.69) is 34.6 Å². The molecule has 0 bridgehead atoms. The van der Waals surface area contributed by atoms with E-state index in [-0.39, 0.29) is 76.6 Å². The Labute approximate surface area is 251 Å². The predicted octanol–water partition coefficient (Wildman–Crippen LogP) is 5.69. The highest BCUT2D eigenvalue weighted by molar-refractivity contribution is 5.67. The van der Waals surface area contributed by atoms with Crippen molar-refractivity contribution in [2.45, 2.75) is 131 Å². The predicted molar refractivity (Wildman–Crippen MR) is 154 cm³/mol. The monoisotopic (exact) mass is 588 g/mol. The number of rotatable bonds is 3. The van der Waals surface area contributed by atoms with Crippen LogP contribution in [0, 0.1) is 58.2 Å². The summed E-state index contributed by atoms with van der Waals surface area (Å²) in [7, 11) is 0. The second-order valence-electron chi connectivity index (χ2n) is 15.5. The normalized spacial score (nSPS) is 52.9. The molecule has 2 heterocycles. The summed E-state index contributed by atoms with van der Waals surface area (Å²) in [4.78, 5) is 36.6. The molecule has 4 aliphatic carbocycles. The number of hydrogen-bond acceptors (Lipinski definition) is 8. The first kappa shape index (κ1) is 30.4. The second kappa shape index (κ2) is 10.5. The summed E-state index contributed by atoms with van der Waals surface area (Å²) < 4.78 is 31.6. The Hall–Kier alpha value is -1.67. The molecule has 2 saturated heterocycles. The van der Waals surface area contributed by atoms with E-state index in [1.54, 1.807) is 6.92 Å². The van der Waals surface area contributed by atoms with Gasteiger partial charge in [-0.05, 0) is 85.4 Å². The largest absolute Gasteiger partial charge is 0.463 e. The van der Waals surface area contributed by atoms with Gasteiger partial charge in [-0.15, -0.1) is 0 Å². The highest BCUT2D eigenvalue weighted by Crippen LogP contribution is 2.72. The van der Waals surface area contributed by atoms with Gasteiger partial charge in [-0.3, -0.25) is 14.4 Å². The summed E-state index contributed by atoms with van der Waals surface area (Å²) >= 11 is 0. The first-order valence-corrected chi connectivity index (χ1v) is 16.5. The summed E-state index contributed by atoms with van der Waals surface area (Å²) in [6, 6.07) is 0. The van der Waals surface area contributed by atoms with Gasteiger partial charge in [0.05, 0.1) is 12.7 Å². The van der Waals surface area contributed by atoms with Crippen LogP contribution in [-0.2, 0) is 38.1 Å². The minimum atomic E-state index is -0.951. The molecular formula is C34H52O8. The molecule has 0 radical (unpaired) electrons.